The standard InChI is InChI=1S/C33H33F2N/c34-30-17-13-26(14-18-30)32(27-15-19-31(35)20-16-27)12-7-23-36-24-21-33(22-25-36,28-8-3-1-4-9-28)29-10-5-2-6-11-29/h1-6,8-11,13-20,32H,7,12,21-25H2. The lowest BCUT2D eigenvalue weighted by Crippen LogP contribution is -2.43. The third kappa shape index (κ3) is 5.42. The van der Waals surface area contributed by atoms with Crippen molar-refractivity contribution in [2.75, 3.05) is 19.6 Å². The van der Waals surface area contributed by atoms with Crippen molar-refractivity contribution >= 4 is 0 Å². The molecule has 1 nitrogen and oxygen atoms in total. The predicted octanol–water partition coefficient (Wildman–Crippen LogP) is 7.96. The van der Waals surface area contributed by atoms with Crippen LogP contribution in [0.4, 0.5) is 8.78 Å². The summed E-state index contributed by atoms with van der Waals surface area (Å²) in [6.07, 6.45) is 4.17. The quantitative estimate of drug-likeness (QED) is 0.247. The first kappa shape index (κ1) is 24.4. The van der Waals surface area contributed by atoms with Gasteiger partial charge in [-0.3, -0.25) is 0 Å². The summed E-state index contributed by atoms with van der Waals surface area (Å²) in [6.45, 7) is 3.14. The summed E-state index contributed by atoms with van der Waals surface area (Å²) >= 11 is 0. The molecule has 36 heavy (non-hydrogen) atoms. The van der Waals surface area contributed by atoms with E-state index in [-0.39, 0.29) is 23.0 Å². The molecular formula is C33H33F2N. The van der Waals surface area contributed by atoms with Gasteiger partial charge in [-0.2, -0.15) is 0 Å². The van der Waals surface area contributed by atoms with Gasteiger partial charge in [0.2, 0.25) is 0 Å². The third-order valence-electron chi connectivity index (χ3n) is 7.87. The first-order chi connectivity index (χ1) is 17.6. The molecule has 5 rings (SSSR count). The number of nitrogens with zero attached hydrogens (tertiary/aromatic N) is 1. The van der Waals surface area contributed by atoms with E-state index in [0.717, 1.165) is 56.4 Å². The van der Waals surface area contributed by atoms with Crippen LogP contribution in [0.25, 0.3) is 0 Å². The molecule has 0 aromatic heterocycles. The zero-order valence-electron chi connectivity index (χ0n) is 20.6. The van der Waals surface area contributed by atoms with Crippen LogP contribution in [-0.2, 0) is 5.41 Å². The Labute approximate surface area is 213 Å². The molecular weight excluding hydrogens is 448 g/mol. The molecule has 0 bridgehead atoms. The van der Waals surface area contributed by atoms with Gasteiger partial charge < -0.3 is 4.90 Å². The van der Waals surface area contributed by atoms with E-state index in [0.29, 0.717) is 0 Å². The minimum atomic E-state index is -0.231. The van der Waals surface area contributed by atoms with Crippen LogP contribution in [0.2, 0.25) is 0 Å². The maximum absolute atomic E-state index is 13.6. The van der Waals surface area contributed by atoms with Crippen molar-refractivity contribution in [3.8, 4) is 0 Å². The molecule has 1 aliphatic heterocycles. The van der Waals surface area contributed by atoms with Crippen molar-refractivity contribution < 1.29 is 8.78 Å². The first-order valence-corrected chi connectivity index (χ1v) is 13.0. The van der Waals surface area contributed by atoms with Gasteiger partial charge in [-0.15, -0.1) is 0 Å². The lowest BCUT2D eigenvalue weighted by Gasteiger charge is -2.43. The first-order valence-electron chi connectivity index (χ1n) is 13.0. The molecule has 1 heterocycles. The Morgan fingerprint density at radius 2 is 1.06 bits per heavy atom. The van der Waals surface area contributed by atoms with Crippen LogP contribution in [-0.4, -0.2) is 24.5 Å². The van der Waals surface area contributed by atoms with Crippen molar-refractivity contribution in [1.29, 1.82) is 0 Å². The van der Waals surface area contributed by atoms with Gasteiger partial charge in [0.25, 0.3) is 0 Å². The van der Waals surface area contributed by atoms with E-state index in [1.807, 2.05) is 24.3 Å². The van der Waals surface area contributed by atoms with Gasteiger partial charge in [-0.05, 0) is 91.8 Å². The fourth-order valence-corrected chi connectivity index (χ4v) is 5.85. The van der Waals surface area contributed by atoms with E-state index < -0.39 is 0 Å². The molecule has 0 atom stereocenters. The monoisotopic (exact) mass is 481 g/mol. The Morgan fingerprint density at radius 1 is 0.611 bits per heavy atom. The zero-order valence-corrected chi connectivity index (χ0v) is 20.6. The fraction of sp³-hybridized carbons (Fsp3) is 0.273. The summed E-state index contributed by atoms with van der Waals surface area (Å²) in [4.78, 5) is 2.58. The minimum Gasteiger partial charge on any atom is -0.303 e. The van der Waals surface area contributed by atoms with Crippen LogP contribution in [0.3, 0.4) is 0 Å². The molecule has 4 aromatic rings. The summed E-state index contributed by atoms with van der Waals surface area (Å²) in [5, 5.41) is 0. The molecule has 0 saturated carbocycles. The van der Waals surface area contributed by atoms with Crippen LogP contribution in [0.1, 0.15) is 53.9 Å². The van der Waals surface area contributed by atoms with E-state index in [9.17, 15) is 8.78 Å². The lowest BCUT2D eigenvalue weighted by atomic mass is 9.68. The molecule has 0 radical (unpaired) electrons. The number of likely N-dealkylation sites (tertiary alicyclic amines) is 1. The Bertz CT molecular complexity index is 1130. The minimum absolute atomic E-state index is 0.0593. The number of rotatable bonds is 8. The topological polar surface area (TPSA) is 3.24 Å². The van der Waals surface area contributed by atoms with Crippen LogP contribution < -0.4 is 0 Å². The van der Waals surface area contributed by atoms with Crippen LogP contribution in [0, 0.1) is 11.6 Å². The third-order valence-corrected chi connectivity index (χ3v) is 7.87. The Kier molecular flexibility index (Phi) is 7.58. The van der Waals surface area contributed by atoms with Crippen LogP contribution >= 0.6 is 0 Å². The molecule has 3 heteroatoms. The molecule has 0 aliphatic carbocycles. The van der Waals surface area contributed by atoms with E-state index in [4.69, 9.17) is 0 Å². The highest BCUT2D eigenvalue weighted by atomic mass is 19.1. The van der Waals surface area contributed by atoms with Gasteiger partial charge in [-0.25, -0.2) is 8.78 Å². The Morgan fingerprint density at radius 3 is 1.50 bits per heavy atom. The second-order valence-corrected chi connectivity index (χ2v) is 9.95. The second kappa shape index (κ2) is 11.2. The highest BCUT2D eigenvalue weighted by molar-refractivity contribution is 5.40. The molecule has 0 unspecified atom stereocenters. The zero-order chi connectivity index (χ0) is 24.8. The van der Waals surface area contributed by atoms with Gasteiger partial charge in [0, 0.05) is 11.3 Å². The SMILES string of the molecule is Fc1ccc(C(CCCN2CCC(c3ccccc3)(c3ccccc3)CC2)c2ccc(F)cc2)cc1. The summed E-state index contributed by atoms with van der Waals surface area (Å²) < 4.78 is 27.1. The highest BCUT2D eigenvalue weighted by Crippen LogP contribution is 2.41. The number of halogens is 2. The van der Waals surface area contributed by atoms with Gasteiger partial charge in [0.15, 0.2) is 0 Å². The maximum atomic E-state index is 13.6. The van der Waals surface area contributed by atoms with Crippen molar-refractivity contribution in [3.05, 3.63) is 143 Å². The van der Waals surface area contributed by atoms with Crippen molar-refractivity contribution in [2.45, 2.75) is 37.0 Å². The summed E-state index contributed by atoms with van der Waals surface area (Å²) in [6, 6.07) is 35.4. The Hall–Kier alpha value is -3.30. The van der Waals surface area contributed by atoms with Crippen LogP contribution in [0.5, 0.6) is 0 Å². The molecule has 184 valence electrons. The number of piperidine rings is 1. The van der Waals surface area contributed by atoms with Gasteiger partial charge >= 0.3 is 0 Å². The van der Waals surface area contributed by atoms with E-state index in [1.54, 1.807) is 0 Å². The van der Waals surface area contributed by atoms with Crippen molar-refractivity contribution in [3.63, 3.8) is 0 Å². The van der Waals surface area contributed by atoms with Gasteiger partial charge in [0.1, 0.15) is 11.6 Å². The maximum Gasteiger partial charge on any atom is 0.123 e. The smallest absolute Gasteiger partial charge is 0.123 e. The van der Waals surface area contributed by atoms with Crippen LogP contribution in [0.15, 0.2) is 109 Å². The van der Waals surface area contributed by atoms with Gasteiger partial charge in [-0.1, -0.05) is 84.9 Å². The predicted molar refractivity (Wildman–Crippen MR) is 143 cm³/mol. The average Bonchev–Trinajstić information content (AvgIpc) is 2.94. The van der Waals surface area contributed by atoms with Gasteiger partial charge in [0.05, 0.1) is 0 Å². The van der Waals surface area contributed by atoms with Crippen molar-refractivity contribution in [1.82, 2.24) is 4.90 Å². The van der Waals surface area contributed by atoms with E-state index in [1.165, 1.54) is 35.4 Å². The molecule has 1 fully saturated rings. The summed E-state index contributed by atoms with van der Waals surface area (Å²) in [5.74, 6) is -0.334. The number of benzene rings is 4. The average molecular weight is 482 g/mol. The number of hydrogen-bond acceptors (Lipinski definition) is 1. The molecule has 4 aromatic carbocycles. The Balaban J connectivity index is 1.26. The van der Waals surface area contributed by atoms with E-state index in [2.05, 4.69) is 65.6 Å². The highest BCUT2D eigenvalue weighted by Gasteiger charge is 2.37. The summed E-state index contributed by atoms with van der Waals surface area (Å²) in [7, 11) is 0. The number of hydrogen-bond donors (Lipinski definition) is 0. The molecule has 1 saturated heterocycles. The molecule has 0 spiro atoms. The van der Waals surface area contributed by atoms with Crippen molar-refractivity contribution in [2.24, 2.45) is 0 Å². The molecule has 0 N–H and O–H groups in total. The molecule has 0 amide bonds. The van der Waals surface area contributed by atoms with E-state index >= 15 is 0 Å². The largest absolute Gasteiger partial charge is 0.303 e. The lowest BCUT2D eigenvalue weighted by molar-refractivity contribution is 0.176. The molecule has 1 aliphatic rings. The normalized spacial score (nSPS) is 15.8. The second-order valence-electron chi connectivity index (χ2n) is 9.95. The fourth-order valence-electron chi connectivity index (χ4n) is 5.85. The summed E-state index contributed by atoms with van der Waals surface area (Å²) in [5.41, 5.74) is 5.03.